The average molecular weight is 674 g/mol. The molecule has 2 bridgehead atoms. The normalized spacial score (nSPS) is 29.6. The predicted octanol–water partition coefficient (Wildman–Crippen LogP) is 3.05. The van der Waals surface area contributed by atoms with Crippen LogP contribution < -0.4 is 20.1 Å². The summed E-state index contributed by atoms with van der Waals surface area (Å²) in [5.41, 5.74) is -1.39. The molecule has 5 rings (SSSR count). The molecule has 1 aromatic rings. The number of allylic oxidation sites excluding steroid dienone is 1. The number of cyclic esters (lactones) is 1. The van der Waals surface area contributed by atoms with Crippen LogP contribution in [-0.2, 0) is 29.1 Å². The van der Waals surface area contributed by atoms with Crippen molar-refractivity contribution in [2.24, 2.45) is 11.3 Å². The molecule has 5 atom stereocenters. The maximum Gasteiger partial charge on any atom is 0.407 e. The van der Waals surface area contributed by atoms with Crippen LogP contribution in [0.5, 0.6) is 5.88 Å². The van der Waals surface area contributed by atoms with Gasteiger partial charge in [-0.3, -0.25) is 19.1 Å². The molecule has 1 saturated heterocycles. The highest BCUT2D eigenvalue weighted by atomic mass is 32.2. The number of carbonyl (C=O) groups excluding carboxylic acids is 4. The molecule has 4 amide bonds. The number of ether oxygens (including phenoxy) is 2. The van der Waals surface area contributed by atoms with E-state index in [-0.39, 0.29) is 31.9 Å². The minimum Gasteiger partial charge on any atom is -0.472 e. The predicted molar refractivity (Wildman–Crippen MR) is 173 cm³/mol. The molecule has 0 radical (unpaired) electrons. The minimum atomic E-state index is -3.84. The number of nitrogens with zero attached hydrogens (tertiary/aromatic N) is 2. The fourth-order valence-corrected chi connectivity index (χ4v) is 7.71. The third kappa shape index (κ3) is 8.07. The molecule has 14 heteroatoms. The number of fused-ring (bicyclic) bond motifs is 3. The highest BCUT2D eigenvalue weighted by Gasteiger charge is 2.62. The quantitative estimate of drug-likeness (QED) is 0.410. The molecule has 0 aromatic carbocycles. The Kier molecular flexibility index (Phi) is 10.2. The summed E-state index contributed by atoms with van der Waals surface area (Å²) in [5, 5.41) is 4.98. The second-order valence-electron chi connectivity index (χ2n) is 14.2. The van der Waals surface area contributed by atoms with Crippen LogP contribution in [-0.4, -0.2) is 84.2 Å². The van der Waals surface area contributed by atoms with Crippen LogP contribution in [0.25, 0.3) is 6.08 Å². The Labute approximate surface area is 276 Å². The summed E-state index contributed by atoms with van der Waals surface area (Å²) in [6, 6.07) is 1.58. The van der Waals surface area contributed by atoms with Gasteiger partial charge in [0.1, 0.15) is 23.7 Å². The molecule has 2 aliphatic heterocycles. The second kappa shape index (κ2) is 13.8. The molecule has 2 saturated carbocycles. The number of nitrogens with one attached hydrogen (secondary N) is 3. The van der Waals surface area contributed by atoms with Gasteiger partial charge in [0.2, 0.25) is 27.7 Å². The second-order valence-corrected chi connectivity index (χ2v) is 16.1. The van der Waals surface area contributed by atoms with Crippen molar-refractivity contribution < 1.29 is 37.1 Å². The lowest BCUT2D eigenvalue weighted by atomic mass is 9.85. The van der Waals surface area contributed by atoms with Crippen molar-refractivity contribution >= 4 is 39.9 Å². The van der Waals surface area contributed by atoms with E-state index in [0.29, 0.717) is 31.6 Å². The lowest BCUT2D eigenvalue weighted by Gasteiger charge is -2.35. The van der Waals surface area contributed by atoms with Crippen molar-refractivity contribution in [2.75, 3.05) is 13.2 Å². The van der Waals surface area contributed by atoms with Gasteiger partial charge in [-0.2, -0.15) is 0 Å². The highest BCUT2D eigenvalue weighted by molar-refractivity contribution is 7.91. The van der Waals surface area contributed by atoms with E-state index >= 15 is 0 Å². The van der Waals surface area contributed by atoms with Gasteiger partial charge in [-0.15, -0.1) is 0 Å². The van der Waals surface area contributed by atoms with Crippen molar-refractivity contribution in [2.45, 2.75) is 114 Å². The molecule has 2 aliphatic carbocycles. The first kappa shape index (κ1) is 34.6. The summed E-state index contributed by atoms with van der Waals surface area (Å²) < 4.78 is 39.2. The Morgan fingerprint density at radius 1 is 1.17 bits per heavy atom. The molecule has 3 heterocycles. The number of sulfonamides is 1. The number of rotatable bonds is 6. The lowest BCUT2D eigenvalue weighted by molar-refractivity contribution is -0.143. The zero-order chi connectivity index (χ0) is 34.0. The third-order valence-corrected chi connectivity index (χ3v) is 11.2. The molecular weight excluding hydrogens is 626 g/mol. The maximum absolute atomic E-state index is 14.3. The number of aromatic nitrogens is 1. The Balaban J connectivity index is 1.44. The van der Waals surface area contributed by atoms with Crippen molar-refractivity contribution in [1.29, 1.82) is 0 Å². The molecule has 1 aromatic heterocycles. The van der Waals surface area contributed by atoms with Crippen LogP contribution >= 0.6 is 0 Å². The maximum atomic E-state index is 14.3. The fraction of sp³-hybridized carbons (Fsp3) is 0.667. The summed E-state index contributed by atoms with van der Waals surface area (Å²) in [4.78, 5) is 60.4. The van der Waals surface area contributed by atoms with E-state index < -0.39 is 68.2 Å². The van der Waals surface area contributed by atoms with E-state index in [1.165, 1.54) is 4.90 Å². The minimum absolute atomic E-state index is 0.0203. The van der Waals surface area contributed by atoms with E-state index in [0.717, 1.165) is 24.8 Å². The number of carbonyl (C=O) groups is 4. The van der Waals surface area contributed by atoms with Gasteiger partial charge in [0.05, 0.1) is 18.4 Å². The summed E-state index contributed by atoms with van der Waals surface area (Å²) in [7, 11) is -3.84. The van der Waals surface area contributed by atoms with Gasteiger partial charge in [0, 0.05) is 18.2 Å². The fourth-order valence-electron chi connectivity index (χ4n) is 6.35. The van der Waals surface area contributed by atoms with Crippen LogP contribution in [0.2, 0.25) is 0 Å². The average Bonchev–Trinajstić information content (AvgIpc) is 3.93. The van der Waals surface area contributed by atoms with E-state index in [9.17, 15) is 27.6 Å². The van der Waals surface area contributed by atoms with Crippen molar-refractivity contribution in [3.05, 3.63) is 30.0 Å². The molecule has 47 heavy (non-hydrogen) atoms. The van der Waals surface area contributed by atoms with Gasteiger partial charge in [-0.1, -0.05) is 46.3 Å². The van der Waals surface area contributed by atoms with Gasteiger partial charge < -0.3 is 25.0 Å². The monoisotopic (exact) mass is 673 g/mol. The Morgan fingerprint density at radius 2 is 1.94 bits per heavy atom. The van der Waals surface area contributed by atoms with Crippen LogP contribution in [0.3, 0.4) is 0 Å². The van der Waals surface area contributed by atoms with Gasteiger partial charge >= 0.3 is 6.09 Å². The number of hydrogen-bond acceptors (Lipinski definition) is 9. The number of alkyl carbamates (subject to hydrolysis) is 1. The highest BCUT2D eigenvalue weighted by Crippen LogP contribution is 2.47. The molecule has 0 unspecified atom stereocenters. The third-order valence-electron chi connectivity index (χ3n) is 9.40. The Hall–Kier alpha value is -3.68. The van der Waals surface area contributed by atoms with Gasteiger partial charge in [-0.05, 0) is 68.4 Å². The molecule has 4 aliphatic rings. The molecule has 13 nitrogen and oxygen atoms in total. The van der Waals surface area contributed by atoms with Crippen molar-refractivity contribution in [1.82, 2.24) is 25.2 Å². The van der Waals surface area contributed by atoms with E-state index in [1.807, 2.05) is 45.9 Å². The standard InChI is InChI=1S/C33H47N5O8S/c1-5-22-19-33(22,30(41)37-47(43,44)24-14-15-24)36-27(39)25-18-23-20-38(25)29(40)26(32(2,3)4)35-31(42)45-17-10-8-6-7-9-12-21-13-11-16-34-28(21)46-23/h9,11-13,16,22-26H,5-8,10,14-15,17-20H2,1-4H3,(H,35,42)(H,36,39)(H,37,41)/b12-9+/t22-,23+,25-,26+,33-/m0/s1. The van der Waals surface area contributed by atoms with E-state index in [4.69, 9.17) is 9.47 Å². The molecule has 3 fully saturated rings. The molecule has 0 spiro atoms. The first-order valence-corrected chi connectivity index (χ1v) is 18.2. The van der Waals surface area contributed by atoms with Crippen LogP contribution in [0.15, 0.2) is 24.4 Å². The molecule has 3 N–H and O–H groups in total. The number of amides is 4. The zero-order valence-corrected chi connectivity index (χ0v) is 28.4. The summed E-state index contributed by atoms with van der Waals surface area (Å²) in [6.07, 6.45) is 9.36. The summed E-state index contributed by atoms with van der Waals surface area (Å²) in [5.74, 6) is -1.75. The zero-order valence-electron chi connectivity index (χ0n) is 27.6. The molecular formula is C33H47N5O8S. The van der Waals surface area contributed by atoms with Crippen molar-refractivity contribution in [3.63, 3.8) is 0 Å². The summed E-state index contributed by atoms with van der Waals surface area (Å²) >= 11 is 0. The van der Waals surface area contributed by atoms with Gasteiger partial charge in [0.25, 0.3) is 5.91 Å². The van der Waals surface area contributed by atoms with E-state index in [2.05, 4.69) is 20.3 Å². The SMILES string of the molecule is CC[C@H]1C[C@@]1(NC(=O)[C@@H]1C[C@@H]2CN1C(=O)[C@H](C(C)(C)C)NC(=O)OCCCCC/C=C/c1cccnc1O2)C(=O)NS(=O)(=O)C1CC1. The van der Waals surface area contributed by atoms with Crippen LogP contribution in [0, 0.1) is 11.3 Å². The number of hydrogen-bond donors (Lipinski definition) is 3. The summed E-state index contributed by atoms with van der Waals surface area (Å²) in [6.45, 7) is 7.52. The van der Waals surface area contributed by atoms with Crippen LogP contribution in [0.4, 0.5) is 4.79 Å². The van der Waals surface area contributed by atoms with Gasteiger partial charge in [-0.25, -0.2) is 18.2 Å². The Bertz CT molecular complexity index is 1500. The van der Waals surface area contributed by atoms with Crippen molar-refractivity contribution in [3.8, 4) is 5.88 Å². The smallest absolute Gasteiger partial charge is 0.407 e. The van der Waals surface area contributed by atoms with E-state index in [1.54, 1.807) is 12.3 Å². The topological polar surface area (TPSA) is 173 Å². The van der Waals surface area contributed by atoms with Gasteiger partial charge in [0.15, 0.2) is 0 Å². The first-order chi connectivity index (χ1) is 22.2. The lowest BCUT2D eigenvalue weighted by Crippen LogP contribution is -2.60. The number of pyridine rings is 1. The van der Waals surface area contributed by atoms with Crippen LogP contribution in [0.1, 0.15) is 91.0 Å². The molecule has 258 valence electrons. The first-order valence-electron chi connectivity index (χ1n) is 16.6. The Morgan fingerprint density at radius 3 is 2.62 bits per heavy atom. The largest absolute Gasteiger partial charge is 0.472 e.